The van der Waals surface area contributed by atoms with Gasteiger partial charge in [0.15, 0.2) is 15.7 Å². The molecule has 1 atom stereocenters. The second-order valence-corrected chi connectivity index (χ2v) is 10.7. The molecule has 0 bridgehead atoms. The molecule has 0 saturated carbocycles. The molecule has 1 unspecified atom stereocenters. The maximum absolute atomic E-state index is 11.6. The van der Waals surface area contributed by atoms with Crippen LogP contribution in [0.15, 0.2) is 76.8 Å². The zero-order valence-corrected chi connectivity index (χ0v) is 19.6. The van der Waals surface area contributed by atoms with Crippen LogP contribution in [-0.4, -0.2) is 43.0 Å². The van der Waals surface area contributed by atoms with Crippen molar-refractivity contribution in [1.29, 1.82) is 0 Å². The summed E-state index contributed by atoms with van der Waals surface area (Å²) in [6, 6.07) is 16.7. The van der Waals surface area contributed by atoms with Crippen molar-refractivity contribution in [2.45, 2.75) is 35.3 Å². The summed E-state index contributed by atoms with van der Waals surface area (Å²) in [5.74, 6) is 1.63. The van der Waals surface area contributed by atoms with E-state index in [4.69, 9.17) is 4.74 Å². The topological polar surface area (TPSA) is 72.4 Å². The summed E-state index contributed by atoms with van der Waals surface area (Å²) in [5, 5.41) is 0.470. The average Bonchev–Trinajstić information content (AvgIpc) is 2.75. The van der Waals surface area contributed by atoms with Crippen LogP contribution in [0.25, 0.3) is 0 Å². The summed E-state index contributed by atoms with van der Waals surface area (Å²) in [7, 11) is -3.24. The van der Waals surface area contributed by atoms with E-state index in [0.717, 1.165) is 25.3 Å². The number of rotatable bonds is 10. The summed E-state index contributed by atoms with van der Waals surface area (Å²) < 4.78 is 29.0. The van der Waals surface area contributed by atoms with Crippen molar-refractivity contribution in [3.8, 4) is 11.6 Å². The summed E-state index contributed by atoms with van der Waals surface area (Å²) in [6.45, 7) is 5.99. The van der Waals surface area contributed by atoms with Gasteiger partial charge in [-0.25, -0.2) is 8.42 Å². The van der Waals surface area contributed by atoms with Gasteiger partial charge in [-0.3, -0.25) is 4.98 Å². The molecule has 0 N–H and O–H groups in total. The fourth-order valence-corrected chi connectivity index (χ4v) is 4.61. The molecule has 0 radical (unpaired) electrons. The quantitative estimate of drug-likeness (QED) is 0.394. The molecule has 8 heteroatoms. The predicted octanol–water partition coefficient (Wildman–Crippen LogP) is 5.07. The molecule has 2 aromatic carbocycles. The Hall–Kier alpha value is -2.58. The number of benzene rings is 2. The van der Waals surface area contributed by atoms with Crippen LogP contribution < -0.4 is 9.64 Å². The fourth-order valence-electron chi connectivity index (χ4n) is 2.98. The minimum atomic E-state index is -3.24. The molecular formula is C23H27N3O3S2. The highest BCUT2D eigenvalue weighted by Gasteiger charge is 2.12. The van der Waals surface area contributed by atoms with Gasteiger partial charge in [0.1, 0.15) is 5.75 Å². The lowest BCUT2D eigenvalue weighted by Gasteiger charge is -2.23. The van der Waals surface area contributed by atoms with Crippen LogP contribution in [0.1, 0.15) is 20.3 Å². The van der Waals surface area contributed by atoms with E-state index in [1.807, 2.05) is 17.8 Å². The first-order chi connectivity index (χ1) is 14.8. The lowest BCUT2D eigenvalue weighted by atomic mass is 10.3. The van der Waals surface area contributed by atoms with E-state index < -0.39 is 9.84 Å². The molecule has 3 rings (SSSR count). The number of anilines is 1. The minimum absolute atomic E-state index is 0.249. The van der Waals surface area contributed by atoms with Gasteiger partial charge < -0.3 is 9.64 Å². The van der Waals surface area contributed by atoms with Crippen molar-refractivity contribution < 1.29 is 13.2 Å². The second kappa shape index (κ2) is 10.6. The summed E-state index contributed by atoms with van der Waals surface area (Å²) in [4.78, 5) is 12.6. The van der Waals surface area contributed by atoms with Crippen molar-refractivity contribution in [3.63, 3.8) is 0 Å². The Morgan fingerprint density at radius 1 is 1.06 bits per heavy atom. The average molecular weight is 458 g/mol. The fraction of sp³-hybridized carbons (Fsp3) is 0.304. The normalized spacial score (nSPS) is 12.4. The van der Waals surface area contributed by atoms with Crippen molar-refractivity contribution in [2.24, 2.45) is 0 Å². The van der Waals surface area contributed by atoms with Gasteiger partial charge in [-0.15, -0.1) is 11.8 Å². The molecule has 0 saturated heterocycles. The molecule has 0 aliphatic carbocycles. The van der Waals surface area contributed by atoms with Crippen LogP contribution in [-0.2, 0) is 9.84 Å². The van der Waals surface area contributed by atoms with E-state index in [0.29, 0.717) is 16.9 Å². The van der Waals surface area contributed by atoms with Gasteiger partial charge in [-0.05, 0) is 49.7 Å². The molecule has 0 aliphatic rings. The third-order valence-corrected chi connectivity index (χ3v) is 6.98. The van der Waals surface area contributed by atoms with E-state index in [9.17, 15) is 8.42 Å². The number of aromatic nitrogens is 2. The zero-order chi connectivity index (χ0) is 22.3. The Kier molecular flexibility index (Phi) is 7.92. The Morgan fingerprint density at radius 2 is 1.77 bits per heavy atom. The summed E-state index contributed by atoms with van der Waals surface area (Å²) in [5.41, 5.74) is 0. The van der Waals surface area contributed by atoms with E-state index in [1.54, 1.807) is 24.5 Å². The van der Waals surface area contributed by atoms with Crippen molar-refractivity contribution in [3.05, 3.63) is 67.0 Å². The maximum Gasteiger partial charge on any atom is 0.239 e. The zero-order valence-electron chi connectivity index (χ0n) is 17.9. The van der Waals surface area contributed by atoms with Crippen LogP contribution >= 0.6 is 11.8 Å². The molecule has 1 aromatic heterocycles. The molecule has 0 aliphatic heterocycles. The Labute approximate surface area is 188 Å². The Bertz CT molecular complexity index is 1070. The highest BCUT2D eigenvalue weighted by Crippen LogP contribution is 2.26. The van der Waals surface area contributed by atoms with E-state index in [-0.39, 0.29) is 4.90 Å². The maximum atomic E-state index is 11.6. The molecular weight excluding hydrogens is 430 g/mol. The number of hydrogen-bond acceptors (Lipinski definition) is 7. The molecule has 0 amide bonds. The third kappa shape index (κ3) is 6.97. The van der Waals surface area contributed by atoms with Crippen LogP contribution in [0.5, 0.6) is 11.6 Å². The SMILES string of the molecule is CCN(CCC(C)Sc1ccccc1)c1cncc(Oc2ccc(S(C)(=O)=O)cc2)n1. The molecule has 3 aromatic rings. The monoisotopic (exact) mass is 457 g/mol. The first kappa shape index (κ1) is 23.1. The molecule has 164 valence electrons. The number of ether oxygens (including phenoxy) is 1. The van der Waals surface area contributed by atoms with Gasteiger partial charge in [-0.2, -0.15) is 4.98 Å². The number of thioether (sulfide) groups is 1. The molecule has 0 fully saturated rings. The van der Waals surface area contributed by atoms with Gasteiger partial charge in [0, 0.05) is 29.5 Å². The van der Waals surface area contributed by atoms with Gasteiger partial charge in [0.25, 0.3) is 0 Å². The Morgan fingerprint density at radius 3 is 2.42 bits per heavy atom. The Balaban J connectivity index is 1.62. The minimum Gasteiger partial charge on any atom is -0.437 e. The van der Waals surface area contributed by atoms with Crippen molar-refractivity contribution >= 4 is 27.4 Å². The molecule has 1 heterocycles. The van der Waals surface area contributed by atoms with Crippen LogP contribution in [0.2, 0.25) is 0 Å². The predicted molar refractivity (Wildman–Crippen MR) is 126 cm³/mol. The van der Waals surface area contributed by atoms with Crippen LogP contribution in [0, 0.1) is 0 Å². The second-order valence-electron chi connectivity index (χ2n) is 7.17. The van der Waals surface area contributed by atoms with Gasteiger partial charge in [0.05, 0.1) is 17.3 Å². The van der Waals surface area contributed by atoms with Crippen LogP contribution in [0.3, 0.4) is 0 Å². The molecule has 0 spiro atoms. The van der Waals surface area contributed by atoms with Crippen molar-refractivity contribution in [2.75, 3.05) is 24.2 Å². The largest absolute Gasteiger partial charge is 0.437 e. The van der Waals surface area contributed by atoms with E-state index in [2.05, 4.69) is 53.0 Å². The third-order valence-electron chi connectivity index (χ3n) is 4.67. The number of nitrogens with zero attached hydrogens (tertiary/aromatic N) is 3. The highest BCUT2D eigenvalue weighted by atomic mass is 32.2. The number of hydrogen-bond donors (Lipinski definition) is 0. The smallest absolute Gasteiger partial charge is 0.239 e. The van der Waals surface area contributed by atoms with Crippen molar-refractivity contribution in [1.82, 2.24) is 9.97 Å². The van der Waals surface area contributed by atoms with Gasteiger partial charge in [0.2, 0.25) is 5.88 Å². The lowest BCUT2D eigenvalue weighted by Crippen LogP contribution is -2.26. The first-order valence-corrected chi connectivity index (χ1v) is 12.9. The van der Waals surface area contributed by atoms with Crippen LogP contribution in [0.4, 0.5) is 5.82 Å². The van der Waals surface area contributed by atoms with E-state index in [1.165, 1.54) is 23.3 Å². The summed E-state index contributed by atoms with van der Waals surface area (Å²) in [6.07, 6.45) is 5.47. The van der Waals surface area contributed by atoms with Gasteiger partial charge in [-0.1, -0.05) is 25.1 Å². The highest BCUT2D eigenvalue weighted by molar-refractivity contribution is 7.99. The molecule has 6 nitrogen and oxygen atoms in total. The lowest BCUT2D eigenvalue weighted by molar-refractivity contribution is 0.459. The van der Waals surface area contributed by atoms with E-state index >= 15 is 0 Å². The standard InChI is InChI=1S/C23H27N3O3S2/c1-4-26(15-14-18(2)30-20-8-6-5-7-9-20)22-16-24-17-23(25-22)29-19-10-12-21(13-11-19)31(3,27)28/h5-13,16-18H,4,14-15H2,1-3H3. The van der Waals surface area contributed by atoms with Gasteiger partial charge >= 0.3 is 0 Å². The number of sulfone groups is 1. The first-order valence-electron chi connectivity index (χ1n) is 10.1. The summed E-state index contributed by atoms with van der Waals surface area (Å²) >= 11 is 1.87. The molecule has 31 heavy (non-hydrogen) atoms.